The molecule has 1 aromatic carbocycles. The van der Waals surface area contributed by atoms with Gasteiger partial charge in [0.25, 0.3) is 0 Å². The Kier molecular flexibility index (Phi) is 3.97. The summed E-state index contributed by atoms with van der Waals surface area (Å²) in [7, 11) is 2.06. The molecule has 1 atom stereocenters. The van der Waals surface area contributed by atoms with Gasteiger partial charge in [-0.25, -0.2) is 4.39 Å². The highest BCUT2D eigenvalue weighted by atomic mass is 19.1. The summed E-state index contributed by atoms with van der Waals surface area (Å²) in [6, 6.07) is 6.54. The summed E-state index contributed by atoms with van der Waals surface area (Å²) in [6.07, 6.45) is 0. The van der Waals surface area contributed by atoms with Gasteiger partial charge < -0.3 is 9.84 Å². The van der Waals surface area contributed by atoms with Gasteiger partial charge in [0.2, 0.25) is 5.89 Å². The van der Waals surface area contributed by atoms with Crippen LogP contribution >= 0.6 is 0 Å². The van der Waals surface area contributed by atoms with E-state index in [1.165, 1.54) is 12.1 Å². The summed E-state index contributed by atoms with van der Waals surface area (Å²) in [5, 5.41) is 7.50. The minimum atomic E-state index is -0.459. The van der Waals surface area contributed by atoms with Gasteiger partial charge in [0, 0.05) is 19.6 Å². The lowest BCUT2D eigenvalue weighted by Gasteiger charge is -2.30. The normalized spacial score (nSPS) is 20.3. The van der Waals surface area contributed by atoms with E-state index in [0.717, 1.165) is 25.2 Å². The first kappa shape index (κ1) is 15.1. The molecule has 1 aliphatic heterocycles. The smallest absolute Gasteiger partial charge is 0.236 e. The monoisotopic (exact) mass is 304 g/mol. The average molecular weight is 304 g/mol. The van der Waals surface area contributed by atoms with Crippen molar-refractivity contribution in [1.29, 1.82) is 0 Å². The van der Waals surface area contributed by atoms with Gasteiger partial charge in [-0.3, -0.25) is 4.90 Å². The first-order valence-corrected chi connectivity index (χ1v) is 7.49. The second kappa shape index (κ2) is 5.78. The molecule has 0 spiro atoms. The fraction of sp³-hybridized carbons (Fsp3) is 0.500. The number of nitrogens with zero attached hydrogens (tertiary/aromatic N) is 3. The van der Waals surface area contributed by atoms with Crippen LogP contribution in [0.2, 0.25) is 0 Å². The van der Waals surface area contributed by atoms with Gasteiger partial charge in [-0.15, -0.1) is 0 Å². The molecule has 0 amide bonds. The van der Waals surface area contributed by atoms with Crippen LogP contribution in [0.4, 0.5) is 4.39 Å². The summed E-state index contributed by atoms with van der Waals surface area (Å²) in [5.74, 6) is 0.994. The molecule has 2 heterocycles. The minimum absolute atomic E-state index is 0.121. The van der Waals surface area contributed by atoms with Crippen LogP contribution < -0.4 is 5.32 Å². The summed E-state index contributed by atoms with van der Waals surface area (Å²) >= 11 is 0. The van der Waals surface area contributed by atoms with Crippen LogP contribution in [0.1, 0.15) is 37.2 Å². The fourth-order valence-corrected chi connectivity index (χ4v) is 2.71. The van der Waals surface area contributed by atoms with Crippen molar-refractivity contribution in [3.05, 3.63) is 47.4 Å². The fourth-order valence-electron chi connectivity index (χ4n) is 2.71. The van der Waals surface area contributed by atoms with Crippen molar-refractivity contribution >= 4 is 0 Å². The highest BCUT2D eigenvalue weighted by Crippen LogP contribution is 2.31. The van der Waals surface area contributed by atoms with Crippen LogP contribution in [0, 0.1) is 5.82 Å². The van der Waals surface area contributed by atoms with E-state index in [4.69, 9.17) is 4.52 Å². The molecular weight excluding hydrogens is 283 g/mol. The molecule has 1 fully saturated rings. The van der Waals surface area contributed by atoms with E-state index >= 15 is 0 Å². The zero-order valence-corrected chi connectivity index (χ0v) is 13.1. The summed E-state index contributed by atoms with van der Waals surface area (Å²) in [4.78, 5) is 6.82. The Balaban J connectivity index is 1.87. The maximum atomic E-state index is 13.1. The third kappa shape index (κ3) is 2.76. The van der Waals surface area contributed by atoms with Gasteiger partial charge in [0.15, 0.2) is 5.82 Å². The number of halogens is 1. The Morgan fingerprint density at radius 2 is 2.05 bits per heavy atom. The number of hydrogen-bond acceptors (Lipinski definition) is 5. The zero-order valence-electron chi connectivity index (χ0n) is 13.1. The third-order valence-electron chi connectivity index (χ3n) is 4.35. The molecule has 0 saturated carbocycles. The molecule has 3 rings (SSSR count). The molecule has 1 aromatic heterocycles. The average Bonchev–Trinajstić information content (AvgIpc) is 2.98. The lowest BCUT2D eigenvalue weighted by molar-refractivity contribution is 0.190. The number of rotatable bonds is 3. The lowest BCUT2D eigenvalue weighted by atomic mass is 9.84. The molecule has 6 heteroatoms. The number of aromatic nitrogens is 2. The Morgan fingerprint density at radius 1 is 1.32 bits per heavy atom. The quantitative estimate of drug-likeness (QED) is 0.941. The summed E-state index contributed by atoms with van der Waals surface area (Å²) in [6.45, 7) is 6.74. The van der Waals surface area contributed by atoms with Gasteiger partial charge in [-0.1, -0.05) is 17.3 Å². The first-order valence-electron chi connectivity index (χ1n) is 7.49. The highest BCUT2D eigenvalue weighted by molar-refractivity contribution is 5.30. The number of piperazine rings is 1. The summed E-state index contributed by atoms with van der Waals surface area (Å²) in [5.41, 5.74) is 0.485. The Bertz CT molecular complexity index is 638. The molecule has 5 nitrogen and oxygen atoms in total. The van der Waals surface area contributed by atoms with Crippen molar-refractivity contribution in [2.45, 2.75) is 25.3 Å². The van der Waals surface area contributed by atoms with Crippen molar-refractivity contribution in [2.24, 2.45) is 0 Å². The second-order valence-electron chi connectivity index (χ2n) is 6.29. The van der Waals surface area contributed by atoms with Crippen LogP contribution in [-0.4, -0.2) is 41.7 Å². The zero-order chi connectivity index (χ0) is 15.7. The molecule has 2 aromatic rings. The van der Waals surface area contributed by atoms with E-state index in [1.807, 2.05) is 13.8 Å². The van der Waals surface area contributed by atoms with Crippen LogP contribution in [-0.2, 0) is 5.41 Å². The lowest BCUT2D eigenvalue weighted by Crippen LogP contribution is -2.44. The van der Waals surface area contributed by atoms with E-state index in [0.29, 0.717) is 11.7 Å². The maximum Gasteiger partial charge on any atom is 0.236 e. The number of nitrogens with one attached hydrogen (secondary N) is 1. The third-order valence-corrected chi connectivity index (χ3v) is 4.35. The topological polar surface area (TPSA) is 54.2 Å². The molecule has 0 radical (unpaired) electrons. The molecule has 1 saturated heterocycles. The van der Waals surface area contributed by atoms with Gasteiger partial charge in [-0.05, 0) is 38.6 Å². The first-order chi connectivity index (χ1) is 10.5. The standard InChI is InChI=1S/C16H21FN4O/c1-16(2,11-4-6-12(17)7-5-11)15-19-14(20-22-15)13-10-18-8-9-21(13)3/h4-7,13,18H,8-10H2,1-3H3. The van der Waals surface area contributed by atoms with Crippen LogP contribution in [0.15, 0.2) is 28.8 Å². The second-order valence-corrected chi connectivity index (χ2v) is 6.29. The molecule has 0 bridgehead atoms. The van der Waals surface area contributed by atoms with Crippen molar-refractivity contribution in [1.82, 2.24) is 20.4 Å². The largest absolute Gasteiger partial charge is 0.338 e. The Hall–Kier alpha value is -1.79. The van der Waals surface area contributed by atoms with Crippen molar-refractivity contribution in [3.63, 3.8) is 0 Å². The van der Waals surface area contributed by atoms with Crippen LogP contribution in [0.3, 0.4) is 0 Å². The van der Waals surface area contributed by atoms with E-state index in [9.17, 15) is 4.39 Å². The Labute approximate surface area is 129 Å². The van der Waals surface area contributed by atoms with E-state index < -0.39 is 5.41 Å². The van der Waals surface area contributed by atoms with Crippen LogP contribution in [0.25, 0.3) is 0 Å². The van der Waals surface area contributed by atoms with Crippen LogP contribution in [0.5, 0.6) is 0 Å². The maximum absolute atomic E-state index is 13.1. The molecule has 1 unspecified atom stereocenters. The number of benzene rings is 1. The van der Waals surface area contributed by atoms with Crippen molar-refractivity contribution < 1.29 is 8.91 Å². The molecule has 1 N–H and O–H groups in total. The predicted octanol–water partition coefficient (Wildman–Crippen LogP) is 2.11. The van der Waals surface area contributed by atoms with E-state index in [1.54, 1.807) is 12.1 Å². The van der Waals surface area contributed by atoms with Gasteiger partial charge in [0.05, 0.1) is 11.5 Å². The molecule has 22 heavy (non-hydrogen) atoms. The molecule has 1 aliphatic rings. The Morgan fingerprint density at radius 3 is 2.73 bits per heavy atom. The van der Waals surface area contributed by atoms with Gasteiger partial charge in [0.1, 0.15) is 5.82 Å². The van der Waals surface area contributed by atoms with E-state index in [-0.39, 0.29) is 11.9 Å². The molecular formula is C16H21FN4O. The van der Waals surface area contributed by atoms with Crippen molar-refractivity contribution in [3.8, 4) is 0 Å². The predicted molar refractivity (Wildman–Crippen MR) is 81.1 cm³/mol. The summed E-state index contributed by atoms with van der Waals surface area (Å²) < 4.78 is 18.6. The molecule has 0 aliphatic carbocycles. The van der Waals surface area contributed by atoms with Gasteiger partial charge in [-0.2, -0.15) is 4.98 Å². The molecule has 118 valence electrons. The highest BCUT2D eigenvalue weighted by Gasteiger charge is 2.32. The minimum Gasteiger partial charge on any atom is -0.338 e. The number of likely N-dealkylation sites (N-methyl/N-ethyl adjacent to an activating group) is 1. The SMILES string of the molecule is CN1CCNCC1c1noc(C(C)(C)c2ccc(F)cc2)n1. The number of hydrogen-bond donors (Lipinski definition) is 1. The van der Waals surface area contributed by atoms with Crippen molar-refractivity contribution in [2.75, 3.05) is 26.7 Å². The van der Waals surface area contributed by atoms with Gasteiger partial charge >= 0.3 is 0 Å². The van der Waals surface area contributed by atoms with E-state index in [2.05, 4.69) is 27.4 Å².